The number of amides is 3. The van der Waals surface area contributed by atoms with Gasteiger partial charge in [-0.25, -0.2) is 0 Å². The molecular formula is C36H52N4O6. The van der Waals surface area contributed by atoms with Gasteiger partial charge in [-0.15, -0.1) is 13.2 Å². The summed E-state index contributed by atoms with van der Waals surface area (Å²) < 4.78 is 12.4. The second-order valence-electron chi connectivity index (χ2n) is 13.6. The van der Waals surface area contributed by atoms with Crippen LogP contribution >= 0.6 is 0 Å². The van der Waals surface area contributed by atoms with Crippen LogP contribution < -0.4 is 0 Å². The molecule has 4 fully saturated rings. The number of hydrogen-bond acceptors (Lipinski definition) is 7. The second-order valence-corrected chi connectivity index (χ2v) is 13.6. The highest BCUT2D eigenvalue weighted by atomic mass is 16.5. The smallest absolute Gasteiger partial charge is 0.248 e. The summed E-state index contributed by atoms with van der Waals surface area (Å²) >= 11 is 0. The number of rotatable bonds is 15. The lowest BCUT2D eigenvalue weighted by atomic mass is 9.66. The summed E-state index contributed by atoms with van der Waals surface area (Å²) in [6, 6.07) is 8.23. The van der Waals surface area contributed by atoms with Gasteiger partial charge in [-0.3, -0.25) is 19.3 Å². The lowest BCUT2D eigenvalue weighted by molar-refractivity contribution is -0.157. The highest BCUT2D eigenvalue weighted by Crippen LogP contribution is 2.64. The molecule has 0 saturated carbocycles. The fraction of sp³-hybridized carbons (Fsp3) is 0.639. The first-order valence-corrected chi connectivity index (χ1v) is 16.9. The lowest BCUT2D eigenvalue weighted by Gasteiger charge is -2.41. The minimum atomic E-state index is -1.17. The third-order valence-electron chi connectivity index (χ3n) is 10.9. The van der Waals surface area contributed by atoms with Crippen molar-refractivity contribution in [3.63, 3.8) is 0 Å². The molecule has 4 aliphatic rings. The molecule has 1 aromatic rings. The fourth-order valence-electron chi connectivity index (χ4n) is 8.29. The maximum absolute atomic E-state index is 14.8. The molecule has 2 unspecified atom stereocenters. The van der Waals surface area contributed by atoms with Crippen LogP contribution in [-0.4, -0.2) is 125 Å². The molecule has 1 N–H and O–H groups in total. The molecule has 3 amide bonds. The summed E-state index contributed by atoms with van der Waals surface area (Å²) in [6.45, 7) is 18.5. The van der Waals surface area contributed by atoms with Crippen molar-refractivity contribution in [2.24, 2.45) is 17.8 Å². The zero-order chi connectivity index (χ0) is 33.1. The molecule has 4 heterocycles. The van der Waals surface area contributed by atoms with Crippen molar-refractivity contribution in [1.29, 1.82) is 0 Å². The van der Waals surface area contributed by atoms with E-state index in [-0.39, 0.29) is 30.2 Å². The van der Waals surface area contributed by atoms with Crippen molar-refractivity contribution in [3.05, 3.63) is 61.2 Å². The van der Waals surface area contributed by atoms with E-state index >= 15 is 0 Å². The Bertz CT molecular complexity index is 1270. The molecule has 10 nitrogen and oxygen atoms in total. The van der Waals surface area contributed by atoms with E-state index in [1.165, 1.54) is 0 Å². The molecule has 0 aliphatic carbocycles. The minimum Gasteiger partial charge on any atom is -0.394 e. The number of fused-ring (bicyclic) bond motifs is 1. The van der Waals surface area contributed by atoms with Crippen LogP contribution in [0.4, 0.5) is 0 Å². The standard InChI is InChI=1S/C36H52N4O6/c1-6-16-38(19-18-37-20-22-45-23-21-37)34(44)31-36-15-14-35(5,46-36)29(30(36)33(43)40(31)28(25-41)26(4)8-3)32(42)39(17-7-2)24-27-12-10-9-11-13-27/h6-7,9-13,26,28-31,41H,1-2,8,14-25H2,3-5H3/t26-,28-,29-,30-,31?,35+,36?/m0/s1. The number of benzene rings is 1. The molecule has 0 radical (unpaired) electrons. The van der Waals surface area contributed by atoms with E-state index in [0.717, 1.165) is 18.7 Å². The van der Waals surface area contributed by atoms with Gasteiger partial charge in [0.1, 0.15) is 11.6 Å². The molecule has 4 saturated heterocycles. The normalized spacial score (nSPS) is 30.1. The summed E-state index contributed by atoms with van der Waals surface area (Å²) in [6.07, 6.45) is 5.17. The van der Waals surface area contributed by atoms with Crippen LogP contribution in [0.5, 0.6) is 0 Å². The first-order chi connectivity index (χ1) is 22.2. The Hall–Kier alpha value is -3.05. The Morgan fingerprint density at radius 3 is 2.39 bits per heavy atom. The van der Waals surface area contributed by atoms with Crippen LogP contribution in [0.15, 0.2) is 55.6 Å². The average molecular weight is 637 g/mol. The third kappa shape index (κ3) is 6.17. The van der Waals surface area contributed by atoms with E-state index in [0.29, 0.717) is 65.2 Å². The van der Waals surface area contributed by atoms with Crippen molar-refractivity contribution < 1.29 is 29.0 Å². The highest BCUT2D eigenvalue weighted by molar-refractivity contribution is 5.99. The topological polar surface area (TPSA) is 103 Å². The van der Waals surface area contributed by atoms with Crippen molar-refractivity contribution in [3.8, 4) is 0 Å². The zero-order valence-electron chi connectivity index (χ0n) is 27.8. The first-order valence-electron chi connectivity index (χ1n) is 16.9. The largest absolute Gasteiger partial charge is 0.394 e. The molecule has 252 valence electrons. The summed E-state index contributed by atoms with van der Waals surface area (Å²) in [7, 11) is 0. The van der Waals surface area contributed by atoms with Gasteiger partial charge >= 0.3 is 0 Å². The van der Waals surface area contributed by atoms with Gasteiger partial charge in [-0.05, 0) is 31.2 Å². The number of aliphatic hydroxyl groups is 1. The Balaban J connectivity index is 1.53. The Morgan fingerprint density at radius 2 is 1.76 bits per heavy atom. The summed E-state index contributed by atoms with van der Waals surface area (Å²) in [4.78, 5) is 51.7. The number of ether oxygens (including phenoxy) is 2. The first kappa shape index (κ1) is 34.3. The second kappa shape index (κ2) is 14.4. The predicted octanol–water partition coefficient (Wildman–Crippen LogP) is 2.72. The van der Waals surface area contributed by atoms with E-state index < -0.39 is 35.1 Å². The molecule has 10 heteroatoms. The fourth-order valence-corrected chi connectivity index (χ4v) is 8.29. The number of carbonyl (C=O) groups excluding carboxylic acids is 3. The number of aliphatic hydroxyl groups excluding tert-OH is 1. The van der Waals surface area contributed by atoms with Gasteiger partial charge in [-0.1, -0.05) is 62.8 Å². The molecule has 0 aromatic heterocycles. The van der Waals surface area contributed by atoms with Crippen LogP contribution in [0.2, 0.25) is 0 Å². The van der Waals surface area contributed by atoms with Crippen LogP contribution in [0.25, 0.3) is 0 Å². The van der Waals surface area contributed by atoms with E-state index in [1.807, 2.05) is 51.1 Å². The Morgan fingerprint density at radius 1 is 1.09 bits per heavy atom. The quantitative estimate of drug-likeness (QED) is 0.296. The van der Waals surface area contributed by atoms with Gasteiger partial charge < -0.3 is 29.3 Å². The van der Waals surface area contributed by atoms with Gasteiger partial charge in [0.15, 0.2) is 0 Å². The summed E-state index contributed by atoms with van der Waals surface area (Å²) in [5, 5.41) is 10.7. The zero-order valence-corrected chi connectivity index (χ0v) is 27.8. The third-order valence-corrected chi connectivity index (χ3v) is 10.9. The number of likely N-dealkylation sites (tertiary alicyclic amines) is 1. The Labute approximate surface area is 274 Å². The van der Waals surface area contributed by atoms with Gasteiger partial charge in [0.25, 0.3) is 0 Å². The molecule has 7 atom stereocenters. The predicted molar refractivity (Wildman–Crippen MR) is 175 cm³/mol. The number of hydrogen-bond donors (Lipinski definition) is 1. The SMILES string of the molecule is C=CCN(CCN1CCOCC1)C(=O)C1N([C@@H](CO)[C@@H](C)CC)C(=O)[C@@H]2[C@@H](C(=O)N(CC=C)Cc3ccccc3)[C@@]3(C)CCC12O3. The molecule has 2 bridgehead atoms. The highest BCUT2D eigenvalue weighted by Gasteiger charge is 2.79. The molecule has 1 spiro atoms. The number of nitrogens with zero attached hydrogens (tertiary/aromatic N) is 4. The molecule has 4 aliphatic heterocycles. The van der Waals surface area contributed by atoms with Crippen LogP contribution in [0.3, 0.4) is 0 Å². The monoisotopic (exact) mass is 636 g/mol. The van der Waals surface area contributed by atoms with E-state index in [4.69, 9.17) is 9.47 Å². The number of morpholine rings is 1. The minimum absolute atomic E-state index is 0.0713. The summed E-state index contributed by atoms with van der Waals surface area (Å²) in [5.74, 6) is -2.33. The van der Waals surface area contributed by atoms with Crippen molar-refractivity contribution in [2.75, 3.05) is 59.1 Å². The van der Waals surface area contributed by atoms with Crippen LogP contribution in [0.1, 0.15) is 45.6 Å². The van der Waals surface area contributed by atoms with E-state index in [9.17, 15) is 19.5 Å². The number of carbonyl (C=O) groups is 3. The van der Waals surface area contributed by atoms with E-state index in [2.05, 4.69) is 18.1 Å². The maximum Gasteiger partial charge on any atom is 0.248 e. The molecular weight excluding hydrogens is 584 g/mol. The summed E-state index contributed by atoms with van der Waals surface area (Å²) in [5.41, 5.74) is -1.10. The maximum atomic E-state index is 14.8. The average Bonchev–Trinajstić information content (AvgIpc) is 3.64. The molecule has 1 aromatic carbocycles. The van der Waals surface area contributed by atoms with Crippen molar-refractivity contribution in [1.82, 2.24) is 19.6 Å². The lowest BCUT2D eigenvalue weighted by Crippen LogP contribution is -2.60. The van der Waals surface area contributed by atoms with Crippen molar-refractivity contribution in [2.45, 2.75) is 69.9 Å². The van der Waals surface area contributed by atoms with Crippen LogP contribution in [-0.2, 0) is 30.4 Å². The van der Waals surface area contributed by atoms with Gasteiger partial charge in [0.2, 0.25) is 17.7 Å². The Kier molecular flexibility index (Phi) is 10.7. The van der Waals surface area contributed by atoms with Gasteiger partial charge in [0, 0.05) is 45.8 Å². The van der Waals surface area contributed by atoms with Gasteiger partial charge in [0.05, 0.1) is 43.3 Å². The van der Waals surface area contributed by atoms with Gasteiger partial charge in [-0.2, -0.15) is 0 Å². The van der Waals surface area contributed by atoms with Crippen LogP contribution in [0, 0.1) is 17.8 Å². The van der Waals surface area contributed by atoms with Crippen molar-refractivity contribution >= 4 is 17.7 Å². The molecule has 5 rings (SSSR count). The molecule has 46 heavy (non-hydrogen) atoms. The van der Waals surface area contributed by atoms with E-state index in [1.54, 1.807) is 26.9 Å².